The average Bonchev–Trinajstić information content (AvgIpc) is 2.73. The summed E-state index contributed by atoms with van der Waals surface area (Å²) in [4.78, 5) is 0. The van der Waals surface area contributed by atoms with Crippen LogP contribution >= 0.6 is 54.9 Å². The van der Waals surface area contributed by atoms with Crippen LogP contribution in [0.1, 0.15) is 119 Å². The first-order valence-corrected chi connectivity index (χ1v) is 25.4. The molecule has 0 aliphatic rings. The molecule has 0 heterocycles. The van der Waals surface area contributed by atoms with Gasteiger partial charge in [0.15, 0.2) is 0 Å². The summed E-state index contributed by atoms with van der Waals surface area (Å²) in [7, 11) is 1.73. The van der Waals surface area contributed by atoms with Crippen molar-refractivity contribution in [1.82, 2.24) is 0 Å². The molecular weight excluding hydrogens is 710 g/mol. The number of unbranched alkanes of at least 4 members (excludes halogenated alkanes) is 6. The van der Waals surface area contributed by atoms with E-state index in [1.54, 1.807) is 37.0 Å². The van der Waals surface area contributed by atoms with E-state index in [0.717, 1.165) is 10.8 Å². The predicted molar refractivity (Wildman–Crippen MR) is 161 cm³/mol. The first-order valence-electron chi connectivity index (χ1n) is 12.4. The average molecular weight is 765 g/mol. The van der Waals surface area contributed by atoms with Gasteiger partial charge in [0.2, 0.25) is 0 Å². The Morgan fingerprint density at radius 2 is 0.552 bits per heavy atom. The molecule has 0 unspecified atom stereocenters. The molecule has 0 aromatic carbocycles. The number of hydrogen-bond donors (Lipinski definition) is 0. The van der Waals surface area contributed by atoms with Crippen molar-refractivity contribution < 1.29 is 10.8 Å². The van der Waals surface area contributed by atoms with Crippen molar-refractivity contribution in [3.05, 3.63) is 0 Å². The van der Waals surface area contributed by atoms with Gasteiger partial charge in [-0.1, -0.05) is 80.1 Å². The summed E-state index contributed by atoms with van der Waals surface area (Å²) in [6.07, 6.45) is 26.4. The topological polar surface area (TPSA) is 0 Å². The fourth-order valence-electron chi connectivity index (χ4n) is 2.96. The van der Waals surface area contributed by atoms with E-state index >= 15 is 0 Å². The molecule has 0 atom stereocenters. The molecule has 0 aliphatic carbocycles. The number of hydrogen-bond acceptors (Lipinski definition) is 0. The molecule has 0 aromatic heterocycles. The van der Waals surface area contributed by atoms with Gasteiger partial charge in [-0.25, -0.2) is 0 Å². The number of halogens is 2. The molecule has 0 spiro atoms. The Labute approximate surface area is 219 Å². The molecule has 29 heavy (non-hydrogen) atoms. The summed E-state index contributed by atoms with van der Waals surface area (Å²) in [6, 6.07) is 0. The normalized spacial score (nSPS) is 10.7. The Hall–Kier alpha value is 2.98. The van der Waals surface area contributed by atoms with E-state index in [9.17, 15) is 0 Å². The first kappa shape index (κ1) is 36.5. The van der Waals surface area contributed by atoms with Gasteiger partial charge in [-0.15, -0.1) is 15.8 Å². The van der Waals surface area contributed by atoms with E-state index in [2.05, 4.69) is 80.6 Å². The van der Waals surface area contributed by atoms with Gasteiger partial charge in [0.05, 0.1) is 0 Å². The van der Waals surface area contributed by atoms with Crippen molar-refractivity contribution in [1.29, 1.82) is 0 Å². The third-order valence-corrected chi connectivity index (χ3v) is 10.7. The standard InChI is InChI=1S/2C12H27P.2HI.Pd/c2*1-4-7-10-13(11-8-5-2)12-9-6-3;;;/h2*4-12H2,1-3H3;2*1H;/q;;;;+2/p-2. The van der Waals surface area contributed by atoms with Crippen molar-refractivity contribution in [3.63, 3.8) is 0 Å². The third-order valence-electron chi connectivity index (χ3n) is 4.97. The van der Waals surface area contributed by atoms with Crippen LogP contribution in [0, 0.1) is 0 Å². The zero-order valence-electron chi connectivity index (χ0n) is 20.7. The summed E-state index contributed by atoms with van der Waals surface area (Å²) in [6.45, 7) is 13.9. The molecule has 0 bridgehead atoms. The fraction of sp³-hybridized carbons (Fsp3) is 1.00. The van der Waals surface area contributed by atoms with Gasteiger partial charge in [-0.05, 0) is 75.5 Å². The Bertz CT molecular complexity index is 197. The van der Waals surface area contributed by atoms with Crippen LogP contribution in [0.5, 0.6) is 0 Å². The molecule has 0 nitrogen and oxygen atoms in total. The van der Waals surface area contributed by atoms with Crippen LogP contribution in [0.15, 0.2) is 0 Å². The maximum atomic E-state index is 2.33. The minimum absolute atomic E-state index is 0.422. The molecule has 0 radical (unpaired) electrons. The van der Waals surface area contributed by atoms with E-state index in [0.29, 0.717) is 15.8 Å². The molecule has 0 N–H and O–H groups in total. The van der Waals surface area contributed by atoms with E-state index < -0.39 is 0 Å². The van der Waals surface area contributed by atoms with E-state index in [1.807, 2.05) is 0 Å². The summed E-state index contributed by atoms with van der Waals surface area (Å²) in [5.41, 5.74) is 0. The van der Waals surface area contributed by atoms with E-state index in [4.69, 9.17) is 0 Å². The minimum atomic E-state index is 0.422. The monoisotopic (exact) mass is 764 g/mol. The van der Waals surface area contributed by atoms with Gasteiger partial charge in [0.1, 0.15) is 0 Å². The van der Waals surface area contributed by atoms with Crippen LogP contribution in [0.2, 0.25) is 0 Å². The van der Waals surface area contributed by atoms with Gasteiger partial charge in [0.25, 0.3) is 0 Å². The zero-order valence-corrected chi connectivity index (χ0v) is 28.4. The Morgan fingerprint density at radius 1 is 0.414 bits per heavy atom. The molecule has 0 amide bonds. The molecular formula is C24H54I2P2Pd. The van der Waals surface area contributed by atoms with Crippen LogP contribution in [0.4, 0.5) is 0 Å². The Balaban J connectivity index is -0.000000410. The van der Waals surface area contributed by atoms with Gasteiger partial charge in [0, 0.05) is 0 Å². The van der Waals surface area contributed by atoms with Gasteiger partial charge in [-0.3, -0.25) is 0 Å². The van der Waals surface area contributed by atoms with Crippen molar-refractivity contribution >= 4 is 54.9 Å². The van der Waals surface area contributed by atoms with Crippen LogP contribution in [0.3, 0.4) is 0 Å². The zero-order chi connectivity index (χ0) is 22.6. The maximum absolute atomic E-state index is 2.33. The van der Waals surface area contributed by atoms with Crippen molar-refractivity contribution in [2.45, 2.75) is 119 Å². The molecule has 0 rings (SSSR count). The molecule has 0 fully saturated rings. The summed E-state index contributed by atoms with van der Waals surface area (Å²) < 4.78 is 0. The predicted octanol–water partition coefficient (Wildman–Crippen LogP) is 11.5. The SMILES string of the molecule is CCCCP(CCCC)CCCC.CCCCP(CCCC)CCCC.[I][Pd][I]. The van der Waals surface area contributed by atoms with Crippen molar-refractivity contribution in [2.75, 3.05) is 37.0 Å². The van der Waals surface area contributed by atoms with Crippen molar-refractivity contribution in [3.8, 4) is 0 Å². The second-order valence-corrected chi connectivity index (χ2v) is 25.2. The Kier molecular flexibility index (Phi) is 44.8. The second kappa shape index (κ2) is 35.6. The first-order chi connectivity index (χ1) is 14.1. The molecule has 0 aliphatic heterocycles. The van der Waals surface area contributed by atoms with Crippen LogP contribution < -0.4 is 0 Å². The van der Waals surface area contributed by atoms with Gasteiger partial charge < -0.3 is 0 Å². The quantitative estimate of drug-likeness (QED) is 0.0741. The van der Waals surface area contributed by atoms with Gasteiger partial charge in [-0.2, -0.15) is 0 Å². The van der Waals surface area contributed by atoms with Gasteiger partial charge >= 0.3 is 49.8 Å². The molecule has 184 valence electrons. The molecule has 0 saturated heterocycles. The summed E-state index contributed by atoms with van der Waals surface area (Å²) in [5.74, 6) is 0. The summed E-state index contributed by atoms with van der Waals surface area (Å²) in [5, 5.41) is 0. The molecule has 0 aromatic rings. The fourth-order valence-corrected chi connectivity index (χ4v) is 8.88. The van der Waals surface area contributed by atoms with E-state index in [-0.39, 0.29) is 0 Å². The molecule has 0 saturated carbocycles. The summed E-state index contributed by atoms with van der Waals surface area (Å²) >= 11 is 4.65. The van der Waals surface area contributed by atoms with E-state index in [1.165, 1.54) is 77.0 Å². The number of rotatable bonds is 18. The second-order valence-electron chi connectivity index (χ2n) is 7.85. The third kappa shape index (κ3) is 35.7. The van der Waals surface area contributed by atoms with Crippen LogP contribution in [-0.4, -0.2) is 37.0 Å². The molecule has 5 heteroatoms. The van der Waals surface area contributed by atoms with Crippen LogP contribution in [-0.2, 0) is 10.8 Å². The van der Waals surface area contributed by atoms with Crippen LogP contribution in [0.25, 0.3) is 0 Å². The van der Waals surface area contributed by atoms with Crippen molar-refractivity contribution in [2.24, 2.45) is 0 Å². The Morgan fingerprint density at radius 3 is 0.655 bits per heavy atom.